The second kappa shape index (κ2) is 5.31. The monoisotopic (exact) mass is 314 g/mol. The lowest BCUT2D eigenvalue weighted by atomic mass is 9.47. The van der Waals surface area contributed by atoms with Crippen molar-refractivity contribution in [2.45, 2.75) is 58.5 Å². The number of carbonyl (C=O) groups is 1. The van der Waals surface area contributed by atoms with Gasteiger partial charge in [0, 0.05) is 6.42 Å². The summed E-state index contributed by atoms with van der Waals surface area (Å²) in [7, 11) is 0. The fourth-order valence-electron chi connectivity index (χ4n) is 7.06. The quantitative estimate of drug-likeness (QED) is 0.738. The zero-order valence-corrected chi connectivity index (χ0v) is 14.5. The van der Waals surface area contributed by atoms with Crippen LogP contribution in [-0.2, 0) is 4.79 Å². The molecule has 4 rings (SSSR count). The summed E-state index contributed by atoms with van der Waals surface area (Å²) in [6.07, 6.45) is 10.1. The summed E-state index contributed by atoms with van der Waals surface area (Å²) in [5.41, 5.74) is 1.49. The van der Waals surface area contributed by atoms with Crippen LogP contribution in [0, 0.1) is 40.9 Å². The van der Waals surface area contributed by atoms with Gasteiger partial charge in [-0.2, -0.15) is 0 Å². The van der Waals surface area contributed by atoms with Crippen molar-refractivity contribution in [1.82, 2.24) is 0 Å². The highest BCUT2D eigenvalue weighted by Gasteiger charge is 2.59. The van der Waals surface area contributed by atoms with E-state index in [9.17, 15) is 9.90 Å². The largest absolute Gasteiger partial charge is 0.393 e. The maximum Gasteiger partial charge on any atom is 0.155 e. The minimum Gasteiger partial charge on any atom is -0.393 e. The third kappa shape index (κ3) is 2.13. The van der Waals surface area contributed by atoms with Crippen LogP contribution in [0.3, 0.4) is 0 Å². The van der Waals surface area contributed by atoms with Gasteiger partial charge in [0.05, 0.1) is 6.10 Å². The lowest BCUT2D eigenvalue weighted by molar-refractivity contribution is -0.117. The van der Waals surface area contributed by atoms with Crippen molar-refractivity contribution in [3.63, 3.8) is 0 Å². The zero-order chi connectivity index (χ0) is 16.4. The molecule has 0 aromatic heterocycles. The Balaban J connectivity index is 1.76. The van der Waals surface area contributed by atoms with E-state index in [4.69, 9.17) is 0 Å². The number of carbonyl (C=O) groups excluding carboxylic acids is 1. The number of aliphatic hydroxyl groups excluding tert-OH is 1. The molecule has 0 heterocycles. The van der Waals surface area contributed by atoms with Gasteiger partial charge in [0.15, 0.2) is 5.78 Å². The van der Waals surface area contributed by atoms with Gasteiger partial charge >= 0.3 is 0 Å². The van der Waals surface area contributed by atoms with E-state index in [-0.39, 0.29) is 11.5 Å². The van der Waals surface area contributed by atoms with E-state index < -0.39 is 0 Å². The fourth-order valence-corrected chi connectivity index (χ4v) is 7.06. The molecule has 8 atom stereocenters. The molecule has 0 bridgehead atoms. The van der Waals surface area contributed by atoms with Gasteiger partial charge in [0.1, 0.15) is 0 Å². The first-order chi connectivity index (χ1) is 11.0. The highest BCUT2D eigenvalue weighted by atomic mass is 16.3. The van der Waals surface area contributed by atoms with E-state index in [2.05, 4.69) is 26.5 Å². The van der Waals surface area contributed by atoms with Crippen molar-refractivity contribution in [2.24, 2.45) is 40.9 Å². The number of allylic oxidation sites excluding steroid dienone is 2. The summed E-state index contributed by atoms with van der Waals surface area (Å²) in [5, 5.41) is 10.6. The summed E-state index contributed by atoms with van der Waals surface area (Å²) in [6, 6.07) is 0. The predicted octanol–water partition coefficient (Wildman–Crippen LogP) is 4.15. The number of hydrogen-bond acceptors (Lipinski definition) is 2. The molecular weight excluding hydrogens is 284 g/mol. The predicted molar refractivity (Wildman–Crippen MR) is 91.7 cm³/mol. The Bertz CT molecular complexity index is 562. The molecule has 0 aromatic rings. The lowest BCUT2D eigenvalue weighted by Gasteiger charge is -2.58. The Kier molecular flexibility index (Phi) is 3.61. The smallest absolute Gasteiger partial charge is 0.155 e. The first kappa shape index (κ1) is 15.6. The summed E-state index contributed by atoms with van der Waals surface area (Å²) in [6.45, 7) is 8.86. The van der Waals surface area contributed by atoms with Crippen molar-refractivity contribution in [2.75, 3.05) is 0 Å². The minimum absolute atomic E-state index is 0.0908. The summed E-state index contributed by atoms with van der Waals surface area (Å²) in [5.74, 6) is 3.97. The van der Waals surface area contributed by atoms with Gasteiger partial charge in [-0.15, -0.1) is 6.58 Å². The third-order valence-electron chi connectivity index (χ3n) is 7.94. The molecule has 0 unspecified atom stereocenters. The molecule has 0 aliphatic heterocycles. The van der Waals surface area contributed by atoms with Gasteiger partial charge in [0.2, 0.25) is 0 Å². The number of fused-ring (bicyclic) bond motifs is 5. The molecule has 3 saturated carbocycles. The molecule has 1 N–H and O–H groups in total. The Hall–Kier alpha value is -0.890. The molecule has 2 heteroatoms. The maximum absolute atomic E-state index is 11.9. The van der Waals surface area contributed by atoms with Crippen LogP contribution in [0.2, 0.25) is 0 Å². The average Bonchev–Trinajstić information content (AvgIpc) is 2.81. The SMILES string of the molecule is C=C[C@@H]1CC2=CC(=O)CC[C@@H]2[C@@H]2[C@@H]1[C@@H]1CC[C@H](O)[C@@]1(C)C[C@@H]2C. The molecule has 0 radical (unpaired) electrons. The van der Waals surface area contributed by atoms with Gasteiger partial charge in [-0.05, 0) is 79.1 Å². The first-order valence-corrected chi connectivity index (χ1v) is 9.49. The molecule has 0 spiro atoms. The van der Waals surface area contributed by atoms with Crippen LogP contribution in [0.15, 0.2) is 24.3 Å². The van der Waals surface area contributed by atoms with Crippen molar-refractivity contribution >= 4 is 5.78 Å². The first-order valence-electron chi connectivity index (χ1n) is 9.49. The Morgan fingerprint density at radius 1 is 1.30 bits per heavy atom. The van der Waals surface area contributed by atoms with Crippen molar-refractivity contribution < 1.29 is 9.90 Å². The van der Waals surface area contributed by atoms with Crippen molar-refractivity contribution in [1.29, 1.82) is 0 Å². The van der Waals surface area contributed by atoms with E-state index in [1.807, 2.05) is 6.08 Å². The van der Waals surface area contributed by atoms with Gasteiger partial charge in [-0.3, -0.25) is 4.79 Å². The second-order valence-electron chi connectivity index (χ2n) is 8.98. The van der Waals surface area contributed by atoms with E-state index in [1.54, 1.807) is 0 Å². The molecule has 0 amide bonds. The van der Waals surface area contributed by atoms with Gasteiger partial charge in [-0.1, -0.05) is 25.5 Å². The number of rotatable bonds is 1. The van der Waals surface area contributed by atoms with Crippen LogP contribution in [-0.4, -0.2) is 17.0 Å². The number of aliphatic hydroxyl groups is 1. The summed E-state index contributed by atoms with van der Waals surface area (Å²) in [4.78, 5) is 11.9. The highest BCUT2D eigenvalue weighted by Crippen LogP contribution is 2.64. The van der Waals surface area contributed by atoms with Crippen molar-refractivity contribution in [3.05, 3.63) is 24.3 Å². The Labute approximate surface area is 140 Å². The van der Waals surface area contributed by atoms with E-state index in [0.29, 0.717) is 41.3 Å². The Morgan fingerprint density at radius 2 is 2.09 bits per heavy atom. The normalized spacial score (nSPS) is 52.2. The second-order valence-corrected chi connectivity index (χ2v) is 8.98. The van der Waals surface area contributed by atoms with E-state index in [1.165, 1.54) is 12.0 Å². The molecule has 4 aliphatic carbocycles. The fraction of sp³-hybridized carbons (Fsp3) is 0.762. The van der Waals surface area contributed by atoms with Gasteiger partial charge in [-0.25, -0.2) is 0 Å². The Morgan fingerprint density at radius 3 is 2.83 bits per heavy atom. The third-order valence-corrected chi connectivity index (χ3v) is 7.94. The van der Waals surface area contributed by atoms with Crippen LogP contribution in [0.4, 0.5) is 0 Å². The molecule has 0 saturated heterocycles. The van der Waals surface area contributed by atoms with Crippen molar-refractivity contribution in [3.8, 4) is 0 Å². The van der Waals surface area contributed by atoms with E-state index >= 15 is 0 Å². The van der Waals surface area contributed by atoms with Crippen LogP contribution >= 0.6 is 0 Å². The van der Waals surface area contributed by atoms with Gasteiger partial charge < -0.3 is 5.11 Å². The van der Waals surface area contributed by atoms with Crippen LogP contribution in [0.5, 0.6) is 0 Å². The minimum atomic E-state index is -0.133. The molecule has 126 valence electrons. The molecule has 0 aromatic carbocycles. The zero-order valence-electron chi connectivity index (χ0n) is 14.5. The number of ketones is 1. The molecule has 23 heavy (non-hydrogen) atoms. The highest BCUT2D eigenvalue weighted by molar-refractivity contribution is 5.91. The molecule has 2 nitrogen and oxygen atoms in total. The topological polar surface area (TPSA) is 37.3 Å². The van der Waals surface area contributed by atoms with Crippen LogP contribution in [0.1, 0.15) is 52.4 Å². The van der Waals surface area contributed by atoms with E-state index in [0.717, 1.165) is 32.1 Å². The number of hydrogen-bond donors (Lipinski definition) is 1. The molecular formula is C21H30O2. The molecule has 3 fully saturated rings. The summed E-state index contributed by atoms with van der Waals surface area (Å²) < 4.78 is 0. The lowest BCUT2D eigenvalue weighted by Crippen LogP contribution is -2.53. The standard InChI is InChI=1S/C21H30O2/c1-4-13-9-14-10-15(22)5-6-16(14)19-12(2)11-21(3)17(20(13)19)7-8-18(21)23/h4,10,12-13,16-20,23H,1,5-9,11H2,2-3H3/t12-,13+,16-,17-,18-,19+,20-,21-/m0/s1. The van der Waals surface area contributed by atoms with Crippen LogP contribution < -0.4 is 0 Å². The molecule has 4 aliphatic rings. The summed E-state index contributed by atoms with van der Waals surface area (Å²) >= 11 is 0. The van der Waals surface area contributed by atoms with Crippen LogP contribution in [0.25, 0.3) is 0 Å². The maximum atomic E-state index is 11.9. The van der Waals surface area contributed by atoms with Gasteiger partial charge in [0.25, 0.3) is 0 Å². The average molecular weight is 314 g/mol.